The zero-order valence-corrected chi connectivity index (χ0v) is 13.0. The van der Waals surface area contributed by atoms with Crippen molar-refractivity contribution < 1.29 is 18.3 Å². The van der Waals surface area contributed by atoms with E-state index in [4.69, 9.17) is 5.11 Å². The first kappa shape index (κ1) is 15.1. The minimum Gasteiger partial charge on any atom is -0.476 e. The van der Waals surface area contributed by atoms with Gasteiger partial charge in [-0.05, 0) is 11.4 Å². The van der Waals surface area contributed by atoms with Crippen LogP contribution in [0, 0.1) is 0 Å². The van der Waals surface area contributed by atoms with E-state index in [1.807, 2.05) is 17.5 Å². The Bertz CT molecular complexity index is 691. The number of thiophene rings is 1. The molecule has 108 valence electrons. The quantitative estimate of drug-likeness (QED) is 0.875. The third kappa shape index (κ3) is 2.90. The molecule has 0 amide bonds. The van der Waals surface area contributed by atoms with Crippen molar-refractivity contribution >= 4 is 38.7 Å². The molecule has 0 radical (unpaired) electrons. The fourth-order valence-corrected chi connectivity index (χ4v) is 5.13. The van der Waals surface area contributed by atoms with Crippen molar-refractivity contribution in [1.29, 1.82) is 0 Å². The van der Waals surface area contributed by atoms with E-state index in [-0.39, 0.29) is 17.3 Å². The van der Waals surface area contributed by atoms with Gasteiger partial charge in [0.05, 0.1) is 5.51 Å². The molecule has 0 spiro atoms. The summed E-state index contributed by atoms with van der Waals surface area (Å²) in [4.78, 5) is 15.5. The van der Waals surface area contributed by atoms with E-state index < -0.39 is 21.7 Å². The normalized spacial score (nSPS) is 11.9. The van der Waals surface area contributed by atoms with Gasteiger partial charge in [-0.3, -0.25) is 0 Å². The molecule has 0 saturated heterocycles. The number of carboxylic acids is 1. The van der Waals surface area contributed by atoms with Gasteiger partial charge in [-0.15, -0.1) is 22.7 Å². The van der Waals surface area contributed by atoms with E-state index in [9.17, 15) is 13.2 Å². The number of rotatable bonds is 6. The molecule has 0 aliphatic rings. The predicted octanol–water partition coefficient (Wildman–Crippen LogP) is 2.11. The summed E-state index contributed by atoms with van der Waals surface area (Å²) in [6, 6.07) is 3.68. The molecule has 2 aromatic rings. The average molecular weight is 332 g/mol. The number of sulfonamides is 1. The summed E-state index contributed by atoms with van der Waals surface area (Å²) in [6.07, 6.45) is 0. The van der Waals surface area contributed by atoms with Crippen LogP contribution in [0.3, 0.4) is 0 Å². The lowest BCUT2D eigenvalue weighted by Crippen LogP contribution is -2.30. The standard InChI is InChI=1S/C11H12N2O4S3/c1-2-13(6-8-4-3-5-18-8)20(16,17)11-9(10(14)15)12-7-19-11/h3-5,7H,2,6H2,1H3,(H,14,15). The first-order valence-electron chi connectivity index (χ1n) is 5.66. The summed E-state index contributed by atoms with van der Waals surface area (Å²) >= 11 is 2.28. The third-order valence-electron chi connectivity index (χ3n) is 2.58. The number of hydrogen-bond acceptors (Lipinski definition) is 6. The van der Waals surface area contributed by atoms with Crippen LogP contribution >= 0.6 is 22.7 Å². The van der Waals surface area contributed by atoms with Gasteiger partial charge in [0.25, 0.3) is 10.0 Å². The van der Waals surface area contributed by atoms with Crippen LogP contribution < -0.4 is 0 Å². The summed E-state index contributed by atoms with van der Waals surface area (Å²) in [7, 11) is -3.84. The molecule has 2 heterocycles. The second-order valence-corrected chi connectivity index (χ2v) is 7.82. The van der Waals surface area contributed by atoms with Crippen molar-refractivity contribution in [3.8, 4) is 0 Å². The maximum Gasteiger partial charge on any atom is 0.356 e. The van der Waals surface area contributed by atoms with Gasteiger partial charge in [-0.1, -0.05) is 13.0 Å². The number of thiazole rings is 1. The van der Waals surface area contributed by atoms with Gasteiger partial charge in [-0.25, -0.2) is 18.2 Å². The van der Waals surface area contributed by atoms with Gasteiger partial charge in [-0.2, -0.15) is 4.31 Å². The smallest absolute Gasteiger partial charge is 0.356 e. The van der Waals surface area contributed by atoms with Crippen LogP contribution in [0.15, 0.2) is 27.2 Å². The maximum absolute atomic E-state index is 12.5. The minimum absolute atomic E-state index is 0.219. The summed E-state index contributed by atoms with van der Waals surface area (Å²) in [5.74, 6) is -1.34. The molecule has 1 N–H and O–H groups in total. The Kier molecular flexibility index (Phi) is 4.53. The van der Waals surface area contributed by atoms with E-state index >= 15 is 0 Å². The highest BCUT2D eigenvalue weighted by molar-refractivity contribution is 7.91. The molecule has 0 atom stereocenters. The summed E-state index contributed by atoms with van der Waals surface area (Å²) in [5, 5.41) is 10.9. The summed E-state index contributed by atoms with van der Waals surface area (Å²) < 4.78 is 26.1. The minimum atomic E-state index is -3.84. The SMILES string of the molecule is CCN(Cc1cccs1)S(=O)(=O)c1scnc1C(=O)O. The van der Waals surface area contributed by atoms with Gasteiger partial charge in [0.2, 0.25) is 0 Å². The number of aromatic carboxylic acids is 1. The van der Waals surface area contributed by atoms with Crippen molar-refractivity contribution in [1.82, 2.24) is 9.29 Å². The Morgan fingerprint density at radius 3 is 2.75 bits per heavy atom. The molecular formula is C11H12N2O4S3. The molecular weight excluding hydrogens is 320 g/mol. The second-order valence-electron chi connectivity index (χ2n) is 3.80. The molecule has 0 aliphatic carbocycles. The van der Waals surface area contributed by atoms with E-state index in [1.54, 1.807) is 6.92 Å². The Morgan fingerprint density at radius 1 is 1.45 bits per heavy atom. The van der Waals surface area contributed by atoms with Crippen molar-refractivity contribution in [2.75, 3.05) is 6.54 Å². The molecule has 20 heavy (non-hydrogen) atoms. The lowest BCUT2D eigenvalue weighted by molar-refractivity contribution is 0.0687. The number of aromatic nitrogens is 1. The molecule has 0 bridgehead atoms. The van der Waals surface area contributed by atoms with E-state index in [2.05, 4.69) is 4.98 Å². The van der Waals surface area contributed by atoms with Crippen LogP contribution in [0.4, 0.5) is 0 Å². The third-order valence-corrected chi connectivity index (χ3v) is 6.71. The predicted molar refractivity (Wildman–Crippen MR) is 76.7 cm³/mol. The van der Waals surface area contributed by atoms with Crippen molar-refractivity contribution in [3.63, 3.8) is 0 Å². The highest BCUT2D eigenvalue weighted by Gasteiger charge is 2.31. The topological polar surface area (TPSA) is 87.6 Å². The van der Waals surface area contributed by atoms with Gasteiger partial charge < -0.3 is 5.11 Å². The van der Waals surface area contributed by atoms with Crippen LogP contribution in [0.2, 0.25) is 0 Å². The number of hydrogen-bond donors (Lipinski definition) is 1. The van der Waals surface area contributed by atoms with Crippen molar-refractivity contribution in [2.24, 2.45) is 0 Å². The first-order chi connectivity index (χ1) is 9.46. The lowest BCUT2D eigenvalue weighted by atomic mass is 10.4. The fraction of sp³-hybridized carbons (Fsp3) is 0.273. The molecule has 9 heteroatoms. The molecule has 0 saturated carbocycles. The van der Waals surface area contributed by atoms with Gasteiger partial charge in [0, 0.05) is 18.0 Å². The molecule has 0 aromatic carbocycles. The Hall–Kier alpha value is -1.29. The molecule has 6 nitrogen and oxygen atoms in total. The highest BCUT2D eigenvalue weighted by atomic mass is 32.2. The largest absolute Gasteiger partial charge is 0.476 e. The molecule has 0 unspecified atom stereocenters. The fourth-order valence-electron chi connectivity index (χ4n) is 1.62. The molecule has 0 fully saturated rings. The summed E-state index contributed by atoms with van der Waals surface area (Å²) in [5.41, 5.74) is 0.814. The zero-order valence-electron chi connectivity index (χ0n) is 10.5. The van der Waals surface area contributed by atoms with E-state index in [1.165, 1.54) is 21.2 Å². The van der Waals surface area contributed by atoms with Crippen LogP contribution in [-0.4, -0.2) is 35.3 Å². The first-order valence-corrected chi connectivity index (χ1v) is 8.86. The van der Waals surface area contributed by atoms with Gasteiger partial charge >= 0.3 is 5.97 Å². The molecule has 2 rings (SSSR count). The van der Waals surface area contributed by atoms with Crippen molar-refractivity contribution in [2.45, 2.75) is 17.7 Å². The van der Waals surface area contributed by atoms with Crippen LogP contribution in [0.5, 0.6) is 0 Å². The number of carboxylic acid groups (broad SMARTS) is 1. The van der Waals surface area contributed by atoms with E-state index in [0.29, 0.717) is 0 Å². The molecule has 0 aliphatic heterocycles. The molecule has 2 aromatic heterocycles. The Labute approximate surface area is 124 Å². The van der Waals surface area contributed by atoms with E-state index in [0.717, 1.165) is 16.2 Å². The van der Waals surface area contributed by atoms with Crippen molar-refractivity contribution in [3.05, 3.63) is 33.6 Å². The monoisotopic (exact) mass is 332 g/mol. The Balaban J connectivity index is 2.36. The number of nitrogens with zero attached hydrogens (tertiary/aromatic N) is 2. The van der Waals surface area contributed by atoms with Crippen LogP contribution in [-0.2, 0) is 16.6 Å². The number of carbonyl (C=O) groups is 1. The van der Waals surface area contributed by atoms with Crippen LogP contribution in [0.25, 0.3) is 0 Å². The highest BCUT2D eigenvalue weighted by Crippen LogP contribution is 2.26. The van der Waals surface area contributed by atoms with Crippen LogP contribution in [0.1, 0.15) is 22.3 Å². The Morgan fingerprint density at radius 2 is 2.20 bits per heavy atom. The summed E-state index contributed by atoms with van der Waals surface area (Å²) in [6.45, 7) is 2.21. The lowest BCUT2D eigenvalue weighted by Gasteiger charge is -2.18. The zero-order chi connectivity index (χ0) is 14.8. The maximum atomic E-state index is 12.5. The van der Waals surface area contributed by atoms with Gasteiger partial charge in [0.15, 0.2) is 9.90 Å². The second kappa shape index (κ2) is 6.00. The average Bonchev–Trinajstić information content (AvgIpc) is 3.06. The van der Waals surface area contributed by atoms with Gasteiger partial charge in [0.1, 0.15) is 0 Å².